The Hall–Kier alpha value is -1.31. The fourth-order valence-corrected chi connectivity index (χ4v) is 1.78. The highest BCUT2D eigenvalue weighted by Crippen LogP contribution is 2.12. The number of nitrogens with two attached hydrogens (primary N) is 1. The lowest BCUT2D eigenvalue weighted by atomic mass is 10.3. The van der Waals surface area contributed by atoms with Crippen molar-refractivity contribution in [2.45, 2.75) is 13.0 Å². The monoisotopic (exact) mass is 284 g/mol. The highest BCUT2D eigenvalue weighted by atomic mass is 32.1. The van der Waals surface area contributed by atoms with E-state index in [4.69, 9.17) is 27.4 Å². The molecule has 1 atom stereocenters. The fraction of sp³-hybridized carbons (Fsp3) is 0.583. The first-order valence-electron chi connectivity index (χ1n) is 5.97. The van der Waals surface area contributed by atoms with E-state index in [1.165, 1.54) is 0 Å². The van der Waals surface area contributed by atoms with E-state index in [1.54, 1.807) is 26.5 Å². The molecule has 0 bridgehead atoms. The van der Waals surface area contributed by atoms with Crippen LogP contribution in [0.1, 0.15) is 12.6 Å². The van der Waals surface area contributed by atoms with Gasteiger partial charge in [-0.25, -0.2) is 9.97 Å². The highest BCUT2D eigenvalue weighted by Gasteiger charge is 2.17. The third-order valence-corrected chi connectivity index (χ3v) is 2.84. The molecule has 0 saturated heterocycles. The third kappa shape index (κ3) is 4.70. The van der Waals surface area contributed by atoms with Crippen molar-refractivity contribution in [3.8, 4) is 0 Å². The summed E-state index contributed by atoms with van der Waals surface area (Å²) < 4.78 is 10.3. The normalized spacial score (nSPS) is 12.2. The summed E-state index contributed by atoms with van der Waals surface area (Å²) in [5.41, 5.74) is 6.15. The lowest BCUT2D eigenvalue weighted by Crippen LogP contribution is -2.40. The first kappa shape index (κ1) is 15.7. The smallest absolute Gasteiger partial charge is 0.226 e. The first-order chi connectivity index (χ1) is 9.10. The van der Waals surface area contributed by atoms with Crippen molar-refractivity contribution >= 4 is 23.2 Å². The van der Waals surface area contributed by atoms with Crippen LogP contribution in [0.5, 0.6) is 0 Å². The van der Waals surface area contributed by atoms with Crippen LogP contribution < -0.4 is 10.6 Å². The highest BCUT2D eigenvalue weighted by molar-refractivity contribution is 7.80. The van der Waals surface area contributed by atoms with Gasteiger partial charge in [-0.1, -0.05) is 12.2 Å². The van der Waals surface area contributed by atoms with Crippen molar-refractivity contribution in [3.63, 3.8) is 0 Å². The predicted octanol–water partition coefficient (Wildman–Crippen LogP) is 0.599. The molecule has 1 rings (SSSR count). The molecule has 0 amide bonds. The van der Waals surface area contributed by atoms with Crippen LogP contribution in [-0.4, -0.2) is 55.0 Å². The van der Waals surface area contributed by atoms with E-state index in [0.29, 0.717) is 31.4 Å². The number of anilines is 1. The van der Waals surface area contributed by atoms with E-state index in [1.807, 2.05) is 11.8 Å². The topological polar surface area (TPSA) is 73.5 Å². The molecule has 19 heavy (non-hydrogen) atoms. The van der Waals surface area contributed by atoms with E-state index in [-0.39, 0.29) is 11.0 Å². The Kier molecular flexibility index (Phi) is 6.61. The largest absolute Gasteiger partial charge is 0.388 e. The first-order valence-corrected chi connectivity index (χ1v) is 6.38. The fourth-order valence-electron chi connectivity index (χ4n) is 1.66. The molecule has 0 spiro atoms. The average molecular weight is 284 g/mol. The quantitative estimate of drug-likeness (QED) is 0.701. The van der Waals surface area contributed by atoms with Gasteiger partial charge in [-0.3, -0.25) is 0 Å². The van der Waals surface area contributed by atoms with Crippen LogP contribution in [0, 0.1) is 0 Å². The van der Waals surface area contributed by atoms with Crippen molar-refractivity contribution < 1.29 is 9.47 Å². The van der Waals surface area contributed by atoms with E-state index < -0.39 is 0 Å². The molecule has 0 aliphatic heterocycles. The van der Waals surface area contributed by atoms with Gasteiger partial charge < -0.3 is 20.1 Å². The number of hydrogen-bond donors (Lipinski definition) is 1. The summed E-state index contributed by atoms with van der Waals surface area (Å²) in [5.74, 6) is 0.576. The van der Waals surface area contributed by atoms with Gasteiger partial charge in [0.1, 0.15) is 10.7 Å². The molecular weight excluding hydrogens is 264 g/mol. The maximum absolute atomic E-state index is 5.59. The summed E-state index contributed by atoms with van der Waals surface area (Å²) in [6.07, 6.45) is 1.65. The number of hydrogen-bond acceptors (Lipinski definition) is 6. The zero-order valence-corrected chi connectivity index (χ0v) is 12.3. The molecule has 106 valence electrons. The van der Waals surface area contributed by atoms with Crippen LogP contribution in [-0.2, 0) is 9.47 Å². The predicted molar refractivity (Wildman–Crippen MR) is 78.5 cm³/mol. The molecular formula is C12H20N4O2S. The van der Waals surface area contributed by atoms with Crippen molar-refractivity contribution in [1.82, 2.24) is 9.97 Å². The zero-order chi connectivity index (χ0) is 14.3. The summed E-state index contributed by atoms with van der Waals surface area (Å²) in [6.45, 7) is 3.86. The number of aromatic nitrogens is 2. The number of methoxy groups -OCH3 is 2. The Labute approximate surface area is 118 Å². The molecule has 0 fully saturated rings. The van der Waals surface area contributed by atoms with E-state index in [0.717, 1.165) is 0 Å². The lowest BCUT2D eigenvalue weighted by Gasteiger charge is -2.28. The number of nitrogens with zero attached hydrogens (tertiary/aromatic N) is 3. The summed E-state index contributed by atoms with van der Waals surface area (Å²) in [6, 6.07) is 1.82. The van der Waals surface area contributed by atoms with Gasteiger partial charge in [0.05, 0.1) is 19.3 Å². The van der Waals surface area contributed by atoms with Gasteiger partial charge in [-0.05, 0) is 13.0 Å². The van der Waals surface area contributed by atoms with Gasteiger partial charge in [-0.15, -0.1) is 0 Å². The van der Waals surface area contributed by atoms with Gasteiger partial charge in [-0.2, -0.15) is 0 Å². The minimum atomic E-state index is 0.127. The molecule has 7 heteroatoms. The lowest BCUT2D eigenvalue weighted by molar-refractivity contribution is 0.170. The van der Waals surface area contributed by atoms with E-state index >= 15 is 0 Å². The summed E-state index contributed by atoms with van der Waals surface area (Å²) >= 11 is 4.93. The second-order valence-corrected chi connectivity index (χ2v) is 4.54. The average Bonchev–Trinajstić information content (AvgIpc) is 2.40. The molecule has 0 aliphatic carbocycles. The number of ether oxygens (including phenoxy) is 2. The molecule has 0 radical (unpaired) electrons. The molecule has 1 heterocycles. The van der Waals surface area contributed by atoms with Gasteiger partial charge in [0.15, 0.2) is 0 Å². The Morgan fingerprint density at radius 2 is 2.21 bits per heavy atom. The van der Waals surface area contributed by atoms with E-state index in [9.17, 15) is 0 Å². The Bertz CT molecular complexity index is 416. The molecule has 2 N–H and O–H groups in total. The zero-order valence-electron chi connectivity index (χ0n) is 11.5. The Balaban J connectivity index is 2.95. The minimum Gasteiger partial charge on any atom is -0.388 e. The Morgan fingerprint density at radius 3 is 2.79 bits per heavy atom. The van der Waals surface area contributed by atoms with Crippen LogP contribution in [0.15, 0.2) is 12.3 Å². The van der Waals surface area contributed by atoms with Crippen molar-refractivity contribution in [3.05, 3.63) is 18.0 Å². The van der Waals surface area contributed by atoms with Crippen LogP contribution >= 0.6 is 12.2 Å². The minimum absolute atomic E-state index is 0.127. The third-order valence-electron chi connectivity index (χ3n) is 2.63. The molecule has 1 aromatic heterocycles. The van der Waals surface area contributed by atoms with Crippen LogP contribution in [0.25, 0.3) is 0 Å². The Morgan fingerprint density at radius 1 is 1.47 bits per heavy atom. The van der Waals surface area contributed by atoms with Gasteiger partial charge in [0.25, 0.3) is 0 Å². The standard InChI is InChI=1S/C12H20N4O2S/c1-9(8-18-3)16(6-7-17-2)12-14-5-4-10(15-12)11(13)19/h4-5,9H,6-8H2,1-3H3,(H2,13,19). The summed E-state index contributed by atoms with van der Waals surface area (Å²) in [4.78, 5) is 10.9. The van der Waals surface area contributed by atoms with Crippen LogP contribution in [0.2, 0.25) is 0 Å². The molecule has 1 unspecified atom stereocenters. The number of thiocarbonyl (C=S) groups is 1. The van der Waals surface area contributed by atoms with E-state index in [2.05, 4.69) is 9.97 Å². The van der Waals surface area contributed by atoms with Crippen molar-refractivity contribution in [2.24, 2.45) is 5.73 Å². The van der Waals surface area contributed by atoms with Crippen molar-refractivity contribution in [1.29, 1.82) is 0 Å². The summed E-state index contributed by atoms with van der Waals surface area (Å²) in [7, 11) is 3.32. The molecule has 0 aromatic carbocycles. The molecule has 6 nitrogen and oxygen atoms in total. The second-order valence-electron chi connectivity index (χ2n) is 4.10. The van der Waals surface area contributed by atoms with Crippen LogP contribution in [0.4, 0.5) is 5.95 Å². The van der Waals surface area contributed by atoms with Gasteiger partial charge in [0, 0.05) is 27.0 Å². The van der Waals surface area contributed by atoms with Crippen LogP contribution in [0.3, 0.4) is 0 Å². The van der Waals surface area contributed by atoms with Gasteiger partial charge in [0.2, 0.25) is 5.95 Å². The summed E-state index contributed by atoms with van der Waals surface area (Å²) in [5, 5.41) is 0. The molecule has 1 aromatic rings. The van der Waals surface area contributed by atoms with Gasteiger partial charge >= 0.3 is 0 Å². The maximum Gasteiger partial charge on any atom is 0.226 e. The molecule has 0 aliphatic rings. The SMILES string of the molecule is COCCN(c1nccc(C(N)=S)n1)C(C)COC. The molecule has 0 saturated carbocycles. The maximum atomic E-state index is 5.59. The second kappa shape index (κ2) is 7.98. The number of rotatable bonds is 8. The van der Waals surface area contributed by atoms with Crippen molar-refractivity contribution in [2.75, 3.05) is 38.9 Å².